The van der Waals surface area contributed by atoms with Gasteiger partial charge in [-0.25, -0.2) is 0 Å². The molecule has 3 aromatic rings. The van der Waals surface area contributed by atoms with E-state index in [4.69, 9.17) is 20.9 Å². The minimum atomic E-state index is -0.0579. The number of nitrogens with zero attached hydrogens (tertiary/aromatic N) is 3. The number of benzene rings is 2. The van der Waals surface area contributed by atoms with Crippen molar-refractivity contribution in [3.8, 4) is 17.1 Å². The lowest BCUT2D eigenvalue weighted by Crippen LogP contribution is -2.42. The number of likely N-dealkylation sites (tertiary alicyclic amines) is 1. The number of ether oxygens (including phenoxy) is 1. The van der Waals surface area contributed by atoms with E-state index >= 15 is 0 Å². The van der Waals surface area contributed by atoms with Crippen LogP contribution in [0.25, 0.3) is 11.4 Å². The molecule has 1 saturated heterocycles. The molecule has 1 atom stereocenters. The van der Waals surface area contributed by atoms with Gasteiger partial charge in [0.05, 0.1) is 19.1 Å². The maximum Gasteiger partial charge on any atom is 0.241 e. The minimum Gasteiger partial charge on any atom is -0.494 e. The molecule has 0 bridgehead atoms. The third-order valence-corrected chi connectivity index (χ3v) is 5.73. The maximum atomic E-state index is 12.8. The van der Waals surface area contributed by atoms with E-state index in [1.54, 1.807) is 12.1 Å². The van der Waals surface area contributed by atoms with Crippen molar-refractivity contribution in [2.75, 3.05) is 19.7 Å². The van der Waals surface area contributed by atoms with Crippen molar-refractivity contribution in [1.82, 2.24) is 20.4 Å². The van der Waals surface area contributed by atoms with Crippen LogP contribution in [0.4, 0.5) is 0 Å². The van der Waals surface area contributed by atoms with Gasteiger partial charge < -0.3 is 14.6 Å². The van der Waals surface area contributed by atoms with E-state index in [1.165, 1.54) is 0 Å². The highest BCUT2D eigenvalue weighted by atomic mass is 35.5. The van der Waals surface area contributed by atoms with Crippen LogP contribution in [0.2, 0.25) is 5.02 Å². The van der Waals surface area contributed by atoms with Gasteiger partial charge in [0.15, 0.2) is 0 Å². The Balaban J connectivity index is 1.30. The predicted octanol–water partition coefficient (Wildman–Crippen LogP) is 4.32. The van der Waals surface area contributed by atoms with Crippen molar-refractivity contribution in [2.24, 2.45) is 5.92 Å². The van der Waals surface area contributed by atoms with E-state index in [1.807, 2.05) is 43.3 Å². The quantitative estimate of drug-likeness (QED) is 0.546. The van der Waals surface area contributed by atoms with Crippen LogP contribution in [0.1, 0.15) is 31.2 Å². The van der Waals surface area contributed by atoms with Crippen LogP contribution in [0.3, 0.4) is 0 Å². The Morgan fingerprint density at radius 2 is 2.12 bits per heavy atom. The number of halogens is 1. The summed E-state index contributed by atoms with van der Waals surface area (Å²) in [4.78, 5) is 19.5. The van der Waals surface area contributed by atoms with E-state index < -0.39 is 0 Å². The van der Waals surface area contributed by atoms with Crippen LogP contribution >= 0.6 is 11.6 Å². The Hall–Kier alpha value is -2.90. The van der Waals surface area contributed by atoms with Crippen LogP contribution < -0.4 is 10.1 Å². The highest BCUT2D eigenvalue weighted by Crippen LogP contribution is 2.22. The molecule has 1 amide bonds. The van der Waals surface area contributed by atoms with E-state index in [2.05, 4.69) is 20.4 Å². The number of piperidine rings is 1. The first kappa shape index (κ1) is 22.3. The largest absolute Gasteiger partial charge is 0.494 e. The lowest BCUT2D eigenvalue weighted by molar-refractivity contribution is -0.127. The summed E-state index contributed by atoms with van der Waals surface area (Å²) < 4.78 is 11.0. The molecule has 0 aliphatic carbocycles. The zero-order chi connectivity index (χ0) is 22.3. The zero-order valence-corrected chi connectivity index (χ0v) is 18.8. The van der Waals surface area contributed by atoms with Gasteiger partial charge in [0.1, 0.15) is 5.75 Å². The highest BCUT2D eigenvalue weighted by molar-refractivity contribution is 6.30. The van der Waals surface area contributed by atoms with E-state index in [0.717, 1.165) is 36.3 Å². The highest BCUT2D eigenvalue weighted by Gasteiger charge is 2.26. The molecule has 7 nitrogen and oxygen atoms in total. The number of carbonyl (C=O) groups excluding carboxylic acids is 1. The van der Waals surface area contributed by atoms with Gasteiger partial charge in [-0.15, -0.1) is 0 Å². The molecular formula is C24H27ClN4O3. The van der Waals surface area contributed by atoms with Gasteiger partial charge in [0, 0.05) is 23.7 Å². The number of amides is 1. The number of nitrogens with one attached hydrogen (secondary N) is 1. The van der Waals surface area contributed by atoms with E-state index in [-0.39, 0.29) is 11.8 Å². The molecule has 1 N–H and O–H groups in total. The topological polar surface area (TPSA) is 80.5 Å². The van der Waals surface area contributed by atoms with Crippen LogP contribution in [-0.4, -0.2) is 40.6 Å². The first-order valence-electron chi connectivity index (χ1n) is 10.9. The van der Waals surface area contributed by atoms with Crippen LogP contribution in [-0.2, 0) is 17.9 Å². The third-order valence-electron chi connectivity index (χ3n) is 5.48. The average Bonchev–Trinajstić information content (AvgIpc) is 3.27. The van der Waals surface area contributed by atoms with Gasteiger partial charge in [-0.3, -0.25) is 9.69 Å². The van der Waals surface area contributed by atoms with Gasteiger partial charge in [-0.1, -0.05) is 28.9 Å². The normalized spacial score (nSPS) is 16.6. The van der Waals surface area contributed by atoms with Crippen LogP contribution in [0, 0.1) is 5.92 Å². The predicted molar refractivity (Wildman–Crippen MR) is 122 cm³/mol. The summed E-state index contributed by atoms with van der Waals surface area (Å²) in [6, 6.07) is 15.1. The molecule has 0 saturated carbocycles. The first-order chi connectivity index (χ1) is 15.6. The fraction of sp³-hybridized carbons (Fsp3) is 0.375. The number of hydrogen-bond donors (Lipinski definition) is 1. The molecule has 1 aromatic heterocycles. The second-order valence-electron chi connectivity index (χ2n) is 7.89. The number of aromatic nitrogens is 2. The van der Waals surface area contributed by atoms with Gasteiger partial charge >= 0.3 is 0 Å². The summed E-state index contributed by atoms with van der Waals surface area (Å²) in [5.41, 5.74) is 1.88. The van der Waals surface area contributed by atoms with Gasteiger partial charge in [0.25, 0.3) is 0 Å². The Kier molecular flexibility index (Phi) is 7.39. The van der Waals surface area contributed by atoms with Crippen molar-refractivity contribution in [3.63, 3.8) is 0 Å². The summed E-state index contributed by atoms with van der Waals surface area (Å²) in [5.74, 6) is 1.92. The molecule has 2 aromatic carbocycles. The summed E-state index contributed by atoms with van der Waals surface area (Å²) in [5, 5.41) is 7.81. The second-order valence-corrected chi connectivity index (χ2v) is 8.33. The first-order valence-corrected chi connectivity index (χ1v) is 11.3. The zero-order valence-electron chi connectivity index (χ0n) is 18.1. The molecule has 1 unspecified atom stereocenters. The second kappa shape index (κ2) is 10.6. The van der Waals surface area contributed by atoms with Crippen molar-refractivity contribution in [2.45, 2.75) is 32.9 Å². The molecule has 8 heteroatoms. The molecule has 168 valence electrons. The number of rotatable bonds is 8. The number of carbonyl (C=O) groups is 1. The maximum absolute atomic E-state index is 12.8. The summed E-state index contributed by atoms with van der Waals surface area (Å²) in [6.45, 7) is 5.17. The standard InChI is InChI=1S/C24H27ClN4O3/c1-2-31-21-7-3-5-17(13-21)14-26-24(30)19-6-4-12-29(15-19)16-22-27-23(28-32-22)18-8-10-20(25)11-9-18/h3,5,7-11,13,19H,2,4,6,12,14-16H2,1H3,(H,26,30). The summed E-state index contributed by atoms with van der Waals surface area (Å²) in [7, 11) is 0. The number of hydrogen-bond acceptors (Lipinski definition) is 6. The lowest BCUT2D eigenvalue weighted by Gasteiger charge is -2.30. The Bertz CT molecular complexity index is 1040. The molecule has 4 rings (SSSR count). The summed E-state index contributed by atoms with van der Waals surface area (Å²) >= 11 is 5.94. The fourth-order valence-corrected chi connectivity index (χ4v) is 4.01. The van der Waals surface area contributed by atoms with Crippen molar-refractivity contribution >= 4 is 17.5 Å². The Labute approximate surface area is 192 Å². The molecule has 0 radical (unpaired) electrons. The Morgan fingerprint density at radius 3 is 2.94 bits per heavy atom. The van der Waals surface area contributed by atoms with Crippen LogP contribution in [0.15, 0.2) is 53.1 Å². The van der Waals surface area contributed by atoms with E-state index in [0.29, 0.717) is 43.0 Å². The van der Waals surface area contributed by atoms with Gasteiger partial charge in [0.2, 0.25) is 17.6 Å². The SMILES string of the molecule is CCOc1cccc(CNC(=O)C2CCCN(Cc3nc(-c4ccc(Cl)cc4)no3)C2)c1. The molecule has 1 fully saturated rings. The van der Waals surface area contributed by atoms with Crippen LogP contribution in [0.5, 0.6) is 5.75 Å². The fourth-order valence-electron chi connectivity index (χ4n) is 3.89. The third kappa shape index (κ3) is 5.87. The molecule has 32 heavy (non-hydrogen) atoms. The Morgan fingerprint density at radius 1 is 1.28 bits per heavy atom. The van der Waals surface area contributed by atoms with Gasteiger partial charge in [-0.05, 0) is 68.3 Å². The smallest absolute Gasteiger partial charge is 0.241 e. The average molecular weight is 455 g/mol. The molecule has 1 aliphatic rings. The molecule has 1 aliphatic heterocycles. The summed E-state index contributed by atoms with van der Waals surface area (Å²) in [6.07, 6.45) is 1.83. The van der Waals surface area contributed by atoms with Gasteiger partial charge in [-0.2, -0.15) is 4.98 Å². The minimum absolute atomic E-state index is 0.0579. The van der Waals surface area contributed by atoms with E-state index in [9.17, 15) is 4.79 Å². The lowest BCUT2D eigenvalue weighted by atomic mass is 9.97. The molecular weight excluding hydrogens is 428 g/mol. The van der Waals surface area contributed by atoms with Crippen molar-refractivity contribution in [3.05, 3.63) is 65.0 Å². The molecule has 0 spiro atoms. The van der Waals surface area contributed by atoms with Crippen molar-refractivity contribution < 1.29 is 14.1 Å². The van der Waals surface area contributed by atoms with Crippen molar-refractivity contribution in [1.29, 1.82) is 0 Å². The monoisotopic (exact) mass is 454 g/mol. The molecule has 2 heterocycles.